The van der Waals surface area contributed by atoms with Crippen molar-refractivity contribution in [2.24, 2.45) is 0 Å². The number of benzene rings is 4. The van der Waals surface area contributed by atoms with Gasteiger partial charge in [0.25, 0.3) is 5.91 Å². The van der Waals surface area contributed by atoms with Gasteiger partial charge < -0.3 is 20.1 Å². The average molecular weight is 567 g/mol. The van der Waals surface area contributed by atoms with Crippen LogP contribution in [0.4, 0.5) is 24.5 Å². The summed E-state index contributed by atoms with van der Waals surface area (Å²) in [5.41, 5.74) is 0.173. The molecule has 0 radical (unpaired) electrons. The number of nitrogens with one attached hydrogen (secondary N) is 2. The number of ether oxygens (including phenoxy) is 2. The highest BCUT2D eigenvalue weighted by Crippen LogP contribution is 2.39. The lowest BCUT2D eigenvalue weighted by Gasteiger charge is -2.19. The van der Waals surface area contributed by atoms with Crippen LogP contribution in [0, 0.1) is 0 Å². The monoisotopic (exact) mass is 566 g/mol. The van der Waals surface area contributed by atoms with E-state index in [0.717, 1.165) is 17.8 Å². The van der Waals surface area contributed by atoms with E-state index in [1.807, 2.05) is 0 Å². The molecular formula is C30H25F3N2O4S. The molecule has 4 aromatic rings. The first kappa shape index (κ1) is 28.6. The number of carbonyl (C=O) groups is 2. The first-order valence-corrected chi connectivity index (χ1v) is 12.9. The number of methoxy groups -OCH3 is 2. The van der Waals surface area contributed by atoms with Crippen molar-refractivity contribution in [3.63, 3.8) is 0 Å². The molecule has 0 fully saturated rings. The van der Waals surface area contributed by atoms with Crippen LogP contribution in [0.25, 0.3) is 0 Å². The Kier molecular flexibility index (Phi) is 9.00. The molecule has 1 unspecified atom stereocenters. The second-order valence-electron chi connectivity index (χ2n) is 8.49. The number of para-hydroxylation sites is 1. The summed E-state index contributed by atoms with van der Waals surface area (Å²) in [4.78, 5) is 26.9. The number of amides is 2. The normalized spacial score (nSPS) is 11.8. The van der Waals surface area contributed by atoms with Crippen molar-refractivity contribution in [1.82, 2.24) is 0 Å². The van der Waals surface area contributed by atoms with Crippen LogP contribution >= 0.6 is 11.8 Å². The van der Waals surface area contributed by atoms with E-state index in [2.05, 4.69) is 10.6 Å². The number of alkyl halides is 3. The fraction of sp³-hybridized carbons (Fsp3) is 0.133. The van der Waals surface area contributed by atoms with E-state index in [4.69, 9.17) is 9.47 Å². The summed E-state index contributed by atoms with van der Waals surface area (Å²) in [6.07, 6.45) is -4.63. The van der Waals surface area contributed by atoms with Gasteiger partial charge in [-0.15, -0.1) is 11.8 Å². The topological polar surface area (TPSA) is 76.7 Å². The van der Waals surface area contributed by atoms with E-state index >= 15 is 0 Å². The maximum atomic E-state index is 13.5. The van der Waals surface area contributed by atoms with Gasteiger partial charge in [-0.3, -0.25) is 9.59 Å². The molecule has 4 aromatic carbocycles. The van der Waals surface area contributed by atoms with Gasteiger partial charge in [0.1, 0.15) is 5.25 Å². The zero-order valence-electron chi connectivity index (χ0n) is 21.5. The third kappa shape index (κ3) is 6.95. The number of hydrogen-bond donors (Lipinski definition) is 2. The number of carbonyl (C=O) groups excluding carboxylic acids is 2. The van der Waals surface area contributed by atoms with Gasteiger partial charge in [0.2, 0.25) is 5.91 Å². The largest absolute Gasteiger partial charge is 0.493 e. The second-order valence-corrected chi connectivity index (χ2v) is 9.67. The molecular weight excluding hydrogens is 541 g/mol. The van der Waals surface area contributed by atoms with Crippen molar-refractivity contribution < 1.29 is 32.2 Å². The first-order valence-electron chi connectivity index (χ1n) is 12.0. The van der Waals surface area contributed by atoms with Crippen LogP contribution in [-0.2, 0) is 11.0 Å². The Labute approximate surface area is 233 Å². The van der Waals surface area contributed by atoms with Crippen LogP contribution in [-0.4, -0.2) is 26.0 Å². The first-order chi connectivity index (χ1) is 19.2. The van der Waals surface area contributed by atoms with Crippen LogP contribution < -0.4 is 20.1 Å². The molecule has 2 N–H and O–H groups in total. The molecule has 0 aromatic heterocycles. The maximum Gasteiger partial charge on any atom is 0.418 e. The molecule has 0 saturated heterocycles. The van der Waals surface area contributed by atoms with Gasteiger partial charge in [-0.05, 0) is 54.1 Å². The number of rotatable bonds is 9. The van der Waals surface area contributed by atoms with Gasteiger partial charge in [-0.2, -0.15) is 13.2 Å². The molecule has 0 bridgehead atoms. The second kappa shape index (κ2) is 12.6. The predicted octanol–water partition coefficient (Wildman–Crippen LogP) is 7.45. The Balaban J connectivity index is 1.57. The summed E-state index contributed by atoms with van der Waals surface area (Å²) in [6, 6.07) is 25.2. The summed E-state index contributed by atoms with van der Waals surface area (Å²) in [5, 5.41) is 4.40. The zero-order chi connectivity index (χ0) is 28.7. The Hall–Kier alpha value is -4.44. The fourth-order valence-electron chi connectivity index (χ4n) is 3.90. The molecule has 0 spiro atoms. The third-order valence-corrected chi connectivity index (χ3v) is 7.07. The fourth-order valence-corrected chi connectivity index (χ4v) is 4.99. The number of halogens is 3. The highest BCUT2D eigenvalue weighted by molar-refractivity contribution is 8.00. The molecule has 0 aliphatic rings. The summed E-state index contributed by atoms with van der Waals surface area (Å²) in [5.74, 6) is -0.110. The Morgan fingerprint density at radius 3 is 2.17 bits per heavy atom. The van der Waals surface area contributed by atoms with E-state index < -0.39 is 22.9 Å². The van der Waals surface area contributed by atoms with Crippen molar-refractivity contribution in [2.45, 2.75) is 16.3 Å². The van der Waals surface area contributed by atoms with Crippen LogP contribution in [0.3, 0.4) is 0 Å². The molecule has 10 heteroatoms. The van der Waals surface area contributed by atoms with E-state index in [1.54, 1.807) is 72.8 Å². The van der Waals surface area contributed by atoms with Crippen LogP contribution in [0.15, 0.2) is 102 Å². The smallest absolute Gasteiger partial charge is 0.418 e. The molecule has 0 aliphatic heterocycles. The number of thioether (sulfide) groups is 1. The summed E-state index contributed by atoms with van der Waals surface area (Å²) < 4.78 is 51.0. The Morgan fingerprint density at radius 2 is 1.48 bits per heavy atom. The van der Waals surface area contributed by atoms with Crippen LogP contribution in [0.2, 0.25) is 0 Å². The standard InChI is InChI=1S/C30H25F3N2O4S/c1-38-25-16-15-20(17-26(25)39-2)28(36)34-21-11-8-12-22(18-21)40-27(19-9-4-3-5-10-19)29(37)35-24-14-7-6-13-23(24)30(31,32)33/h3-18,27H,1-2H3,(H,34,36)(H,35,37). The van der Waals surface area contributed by atoms with E-state index in [-0.39, 0.29) is 11.6 Å². The van der Waals surface area contributed by atoms with Crippen LogP contribution in [0.5, 0.6) is 11.5 Å². The average Bonchev–Trinajstić information content (AvgIpc) is 2.95. The minimum atomic E-state index is -4.63. The molecule has 6 nitrogen and oxygen atoms in total. The highest BCUT2D eigenvalue weighted by atomic mass is 32.2. The van der Waals surface area contributed by atoms with Crippen molar-refractivity contribution in [1.29, 1.82) is 0 Å². The quantitative estimate of drug-likeness (QED) is 0.206. The van der Waals surface area contributed by atoms with Gasteiger partial charge in [-0.1, -0.05) is 48.5 Å². The minimum Gasteiger partial charge on any atom is -0.493 e. The highest BCUT2D eigenvalue weighted by Gasteiger charge is 2.34. The zero-order valence-corrected chi connectivity index (χ0v) is 22.3. The lowest BCUT2D eigenvalue weighted by atomic mass is 10.1. The molecule has 4 rings (SSSR count). The van der Waals surface area contributed by atoms with Gasteiger partial charge >= 0.3 is 6.18 Å². The van der Waals surface area contributed by atoms with Gasteiger partial charge in [0, 0.05) is 16.1 Å². The van der Waals surface area contributed by atoms with Gasteiger partial charge in [0.05, 0.1) is 25.5 Å². The van der Waals surface area contributed by atoms with Crippen molar-refractivity contribution >= 4 is 35.0 Å². The summed E-state index contributed by atoms with van der Waals surface area (Å²) in [7, 11) is 2.97. The Morgan fingerprint density at radius 1 is 0.775 bits per heavy atom. The van der Waals surface area contributed by atoms with E-state index in [0.29, 0.717) is 33.2 Å². The van der Waals surface area contributed by atoms with Gasteiger partial charge in [-0.25, -0.2) is 0 Å². The molecule has 0 heterocycles. The molecule has 206 valence electrons. The van der Waals surface area contributed by atoms with Gasteiger partial charge in [0.15, 0.2) is 11.5 Å². The van der Waals surface area contributed by atoms with Crippen LogP contribution in [0.1, 0.15) is 26.7 Å². The maximum absolute atomic E-state index is 13.5. The third-order valence-electron chi connectivity index (χ3n) is 5.82. The molecule has 2 amide bonds. The van der Waals surface area contributed by atoms with Crippen molar-refractivity contribution in [2.75, 3.05) is 24.9 Å². The summed E-state index contributed by atoms with van der Waals surface area (Å²) in [6.45, 7) is 0. The van der Waals surface area contributed by atoms with E-state index in [9.17, 15) is 22.8 Å². The molecule has 0 saturated carbocycles. The number of anilines is 2. The summed E-state index contributed by atoms with van der Waals surface area (Å²) >= 11 is 1.15. The Bertz CT molecular complexity index is 1500. The SMILES string of the molecule is COc1ccc(C(=O)Nc2cccc(SC(C(=O)Nc3ccccc3C(F)(F)F)c3ccccc3)c2)cc1OC. The lowest BCUT2D eigenvalue weighted by Crippen LogP contribution is -2.21. The molecule has 40 heavy (non-hydrogen) atoms. The predicted molar refractivity (Wildman–Crippen MR) is 149 cm³/mol. The number of hydrogen-bond acceptors (Lipinski definition) is 5. The lowest BCUT2D eigenvalue weighted by molar-refractivity contribution is -0.137. The van der Waals surface area contributed by atoms with Crippen molar-refractivity contribution in [3.8, 4) is 11.5 Å². The van der Waals surface area contributed by atoms with Crippen molar-refractivity contribution in [3.05, 3.63) is 114 Å². The van der Waals surface area contributed by atoms with E-state index in [1.165, 1.54) is 32.4 Å². The molecule has 0 aliphatic carbocycles. The molecule has 1 atom stereocenters. The minimum absolute atomic E-state index is 0.322.